The number of amides is 1. The van der Waals surface area contributed by atoms with Gasteiger partial charge in [0.25, 0.3) is 5.91 Å². The Bertz CT molecular complexity index is 717. The lowest BCUT2D eigenvalue weighted by molar-refractivity contribution is -0.148. The Balaban J connectivity index is 1.61. The molecule has 0 heterocycles. The van der Waals surface area contributed by atoms with E-state index in [1.165, 1.54) is 18.2 Å². The molecule has 0 saturated heterocycles. The lowest BCUT2D eigenvalue weighted by Gasteiger charge is -2.07. The minimum absolute atomic E-state index is 0.105. The molecule has 0 unspecified atom stereocenters. The average molecular weight is 347 g/mol. The number of esters is 1. The Hall–Kier alpha value is -2.76. The van der Waals surface area contributed by atoms with E-state index in [0.717, 1.165) is 5.56 Å². The number of carbonyl (C=O) groups is 2. The second-order valence-electron chi connectivity index (χ2n) is 5.48. The average Bonchev–Trinajstić information content (AvgIpc) is 2.61. The van der Waals surface area contributed by atoms with Gasteiger partial charge in [-0.05, 0) is 42.2 Å². The van der Waals surface area contributed by atoms with Crippen molar-refractivity contribution in [2.45, 2.75) is 19.3 Å². The molecule has 6 heteroatoms. The molecule has 2 aromatic rings. The highest BCUT2D eigenvalue weighted by Crippen LogP contribution is 2.07. The summed E-state index contributed by atoms with van der Waals surface area (Å²) in [4.78, 5) is 23.2. The lowest BCUT2D eigenvalue weighted by Crippen LogP contribution is -2.30. The SMILES string of the molecule is O=C(COC(=O)CCc1ccc(F)cc1)NCCc1ccccc1F. The van der Waals surface area contributed by atoms with Crippen LogP contribution in [0.2, 0.25) is 0 Å². The van der Waals surface area contributed by atoms with Gasteiger partial charge in [-0.1, -0.05) is 30.3 Å². The van der Waals surface area contributed by atoms with Crippen molar-refractivity contribution in [3.05, 3.63) is 71.3 Å². The molecule has 0 aliphatic heterocycles. The summed E-state index contributed by atoms with van der Waals surface area (Å²) in [7, 11) is 0. The third kappa shape index (κ3) is 6.71. The van der Waals surface area contributed by atoms with Crippen molar-refractivity contribution >= 4 is 11.9 Å². The van der Waals surface area contributed by atoms with Crippen molar-refractivity contribution < 1.29 is 23.1 Å². The van der Waals surface area contributed by atoms with Gasteiger partial charge in [-0.2, -0.15) is 0 Å². The predicted molar refractivity (Wildman–Crippen MR) is 88.8 cm³/mol. The molecule has 1 N–H and O–H groups in total. The largest absolute Gasteiger partial charge is 0.456 e. The minimum Gasteiger partial charge on any atom is -0.456 e. The van der Waals surface area contributed by atoms with Crippen molar-refractivity contribution in [2.75, 3.05) is 13.2 Å². The zero-order chi connectivity index (χ0) is 18.1. The summed E-state index contributed by atoms with van der Waals surface area (Å²) in [5, 5.41) is 2.57. The van der Waals surface area contributed by atoms with E-state index in [9.17, 15) is 18.4 Å². The third-order valence-corrected chi connectivity index (χ3v) is 3.57. The predicted octanol–water partition coefficient (Wildman–Crippen LogP) is 2.80. The van der Waals surface area contributed by atoms with Gasteiger partial charge < -0.3 is 10.1 Å². The van der Waals surface area contributed by atoms with Gasteiger partial charge in [-0.3, -0.25) is 9.59 Å². The summed E-state index contributed by atoms with van der Waals surface area (Å²) in [6, 6.07) is 12.2. The van der Waals surface area contributed by atoms with Gasteiger partial charge >= 0.3 is 5.97 Å². The first kappa shape index (κ1) is 18.6. The highest BCUT2D eigenvalue weighted by molar-refractivity contribution is 5.80. The van der Waals surface area contributed by atoms with E-state index in [-0.39, 0.29) is 31.2 Å². The smallest absolute Gasteiger partial charge is 0.306 e. The molecule has 4 nitrogen and oxygen atoms in total. The van der Waals surface area contributed by atoms with E-state index in [2.05, 4.69) is 5.32 Å². The number of rotatable bonds is 8. The Labute approximate surface area is 144 Å². The topological polar surface area (TPSA) is 55.4 Å². The maximum Gasteiger partial charge on any atom is 0.306 e. The Morgan fingerprint density at radius 3 is 2.40 bits per heavy atom. The number of halogens is 2. The van der Waals surface area contributed by atoms with Crippen LogP contribution in [-0.2, 0) is 27.2 Å². The van der Waals surface area contributed by atoms with E-state index in [1.54, 1.807) is 30.3 Å². The molecule has 0 aliphatic carbocycles. The second kappa shape index (κ2) is 9.52. The van der Waals surface area contributed by atoms with Gasteiger partial charge in [0.2, 0.25) is 0 Å². The van der Waals surface area contributed by atoms with Crippen molar-refractivity contribution in [3.63, 3.8) is 0 Å². The maximum atomic E-state index is 13.4. The van der Waals surface area contributed by atoms with Crippen LogP contribution in [0, 0.1) is 11.6 Å². The number of ether oxygens (including phenoxy) is 1. The molecular formula is C19H19F2NO3. The maximum absolute atomic E-state index is 13.4. The molecular weight excluding hydrogens is 328 g/mol. The fourth-order valence-corrected chi connectivity index (χ4v) is 2.20. The number of hydrogen-bond donors (Lipinski definition) is 1. The van der Waals surface area contributed by atoms with Crippen molar-refractivity contribution in [1.29, 1.82) is 0 Å². The first-order valence-corrected chi connectivity index (χ1v) is 7.95. The first-order valence-electron chi connectivity index (χ1n) is 7.95. The molecule has 0 saturated carbocycles. The second-order valence-corrected chi connectivity index (χ2v) is 5.48. The Morgan fingerprint density at radius 2 is 1.68 bits per heavy atom. The fourth-order valence-electron chi connectivity index (χ4n) is 2.20. The van der Waals surface area contributed by atoms with E-state index >= 15 is 0 Å². The molecule has 0 radical (unpaired) electrons. The van der Waals surface area contributed by atoms with Crippen LogP contribution in [0.25, 0.3) is 0 Å². The lowest BCUT2D eigenvalue weighted by atomic mass is 10.1. The number of carbonyl (C=O) groups excluding carboxylic acids is 2. The van der Waals surface area contributed by atoms with E-state index in [1.807, 2.05) is 0 Å². The molecule has 2 aromatic carbocycles. The van der Waals surface area contributed by atoms with Crippen LogP contribution in [0.5, 0.6) is 0 Å². The summed E-state index contributed by atoms with van der Waals surface area (Å²) in [5.74, 6) is -1.59. The minimum atomic E-state index is -0.506. The van der Waals surface area contributed by atoms with Crippen LogP contribution in [0.3, 0.4) is 0 Å². The van der Waals surface area contributed by atoms with Crippen LogP contribution in [0.15, 0.2) is 48.5 Å². The van der Waals surface area contributed by atoms with Gasteiger partial charge in [0.1, 0.15) is 11.6 Å². The van der Waals surface area contributed by atoms with Gasteiger partial charge in [0.15, 0.2) is 6.61 Å². The molecule has 0 spiro atoms. The molecule has 1 amide bonds. The molecule has 0 atom stereocenters. The van der Waals surface area contributed by atoms with Crippen LogP contribution in [0.1, 0.15) is 17.5 Å². The van der Waals surface area contributed by atoms with E-state index in [4.69, 9.17) is 4.74 Å². The number of nitrogens with one attached hydrogen (secondary N) is 1. The van der Waals surface area contributed by atoms with Crippen LogP contribution in [-0.4, -0.2) is 25.0 Å². The van der Waals surface area contributed by atoms with Gasteiger partial charge in [0, 0.05) is 13.0 Å². The Morgan fingerprint density at radius 1 is 0.960 bits per heavy atom. The van der Waals surface area contributed by atoms with Gasteiger partial charge in [0.05, 0.1) is 0 Å². The molecule has 0 bridgehead atoms. The zero-order valence-electron chi connectivity index (χ0n) is 13.6. The van der Waals surface area contributed by atoms with Crippen molar-refractivity contribution in [1.82, 2.24) is 5.32 Å². The Kier molecular flexibility index (Phi) is 7.07. The summed E-state index contributed by atoms with van der Waals surface area (Å²) in [6.07, 6.45) is 0.874. The molecule has 0 fully saturated rings. The van der Waals surface area contributed by atoms with Crippen molar-refractivity contribution in [3.8, 4) is 0 Å². The monoisotopic (exact) mass is 347 g/mol. The summed E-state index contributed by atoms with van der Waals surface area (Å²) >= 11 is 0. The summed E-state index contributed by atoms with van der Waals surface area (Å²) < 4.78 is 31.1. The number of benzene rings is 2. The molecule has 0 aliphatic rings. The molecule has 0 aromatic heterocycles. The first-order chi connectivity index (χ1) is 12.0. The highest BCUT2D eigenvalue weighted by atomic mass is 19.1. The summed E-state index contributed by atoms with van der Waals surface area (Å²) in [5.41, 5.74) is 1.33. The quantitative estimate of drug-likeness (QED) is 0.747. The van der Waals surface area contributed by atoms with E-state index in [0.29, 0.717) is 18.4 Å². The number of hydrogen-bond acceptors (Lipinski definition) is 3. The zero-order valence-corrected chi connectivity index (χ0v) is 13.6. The van der Waals surface area contributed by atoms with Crippen molar-refractivity contribution in [2.24, 2.45) is 0 Å². The van der Waals surface area contributed by atoms with Gasteiger partial charge in [-0.15, -0.1) is 0 Å². The van der Waals surface area contributed by atoms with Crippen LogP contribution >= 0.6 is 0 Å². The number of aryl methyl sites for hydroxylation is 1. The van der Waals surface area contributed by atoms with Crippen LogP contribution in [0.4, 0.5) is 8.78 Å². The molecule has 2 rings (SSSR count). The highest BCUT2D eigenvalue weighted by Gasteiger charge is 2.08. The molecule has 25 heavy (non-hydrogen) atoms. The normalized spacial score (nSPS) is 10.3. The van der Waals surface area contributed by atoms with E-state index < -0.39 is 11.9 Å². The van der Waals surface area contributed by atoms with Gasteiger partial charge in [-0.25, -0.2) is 8.78 Å². The third-order valence-electron chi connectivity index (χ3n) is 3.57. The van der Waals surface area contributed by atoms with Crippen LogP contribution < -0.4 is 5.32 Å². The summed E-state index contributed by atoms with van der Waals surface area (Å²) in [6.45, 7) is -0.119. The fraction of sp³-hybridized carbons (Fsp3) is 0.263. The molecule has 132 valence electrons. The standard InChI is InChI=1S/C19H19F2NO3/c20-16-8-5-14(6-9-16)7-10-19(24)25-13-18(23)22-12-11-15-3-1-2-4-17(15)21/h1-6,8-9H,7,10-13H2,(H,22,23).